The lowest BCUT2D eigenvalue weighted by molar-refractivity contribution is 0.192. The standard InChI is InChI=1S/C15H22N4OS/c1-3-5-13-18-14(16-4-2)8-15(19-13)17-9-12(20)11-6-7-21-10-11/h6-8,10,12,20H,3-5,9H2,1-2H3,(H2,16,17,18,19). The molecule has 0 aliphatic rings. The Morgan fingerprint density at radius 1 is 1.24 bits per heavy atom. The number of nitrogens with zero attached hydrogens (tertiary/aromatic N) is 2. The third-order valence-electron chi connectivity index (χ3n) is 3.01. The van der Waals surface area contributed by atoms with Crippen LogP contribution in [-0.4, -0.2) is 28.2 Å². The molecule has 0 bridgehead atoms. The van der Waals surface area contributed by atoms with Crippen LogP contribution in [0.25, 0.3) is 0 Å². The van der Waals surface area contributed by atoms with E-state index in [-0.39, 0.29) is 0 Å². The number of hydrogen-bond donors (Lipinski definition) is 3. The maximum Gasteiger partial charge on any atom is 0.133 e. The van der Waals surface area contributed by atoms with Crippen molar-refractivity contribution < 1.29 is 5.11 Å². The fourth-order valence-electron chi connectivity index (χ4n) is 1.98. The van der Waals surface area contributed by atoms with Gasteiger partial charge in [-0.05, 0) is 35.7 Å². The van der Waals surface area contributed by atoms with Crippen LogP contribution in [0, 0.1) is 0 Å². The van der Waals surface area contributed by atoms with E-state index in [9.17, 15) is 5.11 Å². The van der Waals surface area contributed by atoms with Gasteiger partial charge in [0.25, 0.3) is 0 Å². The van der Waals surface area contributed by atoms with Crippen molar-refractivity contribution in [2.45, 2.75) is 32.8 Å². The summed E-state index contributed by atoms with van der Waals surface area (Å²) < 4.78 is 0. The van der Waals surface area contributed by atoms with E-state index in [4.69, 9.17) is 0 Å². The monoisotopic (exact) mass is 306 g/mol. The molecular formula is C15H22N4OS. The minimum absolute atomic E-state index is 0.435. The van der Waals surface area contributed by atoms with Crippen LogP contribution in [-0.2, 0) is 6.42 Å². The third kappa shape index (κ3) is 4.68. The van der Waals surface area contributed by atoms with Gasteiger partial charge >= 0.3 is 0 Å². The average Bonchev–Trinajstić information content (AvgIpc) is 2.99. The number of thiophene rings is 1. The summed E-state index contributed by atoms with van der Waals surface area (Å²) in [5, 5.41) is 20.4. The Morgan fingerprint density at radius 2 is 2.00 bits per heavy atom. The van der Waals surface area contributed by atoms with Crippen molar-refractivity contribution in [3.63, 3.8) is 0 Å². The van der Waals surface area contributed by atoms with Crippen molar-refractivity contribution in [2.75, 3.05) is 23.7 Å². The summed E-state index contributed by atoms with van der Waals surface area (Å²) in [6.45, 7) is 5.40. The molecule has 0 aliphatic carbocycles. The highest BCUT2D eigenvalue weighted by Crippen LogP contribution is 2.18. The van der Waals surface area contributed by atoms with Crippen molar-refractivity contribution in [3.8, 4) is 0 Å². The Balaban J connectivity index is 2.04. The first kappa shape index (κ1) is 15.7. The summed E-state index contributed by atoms with van der Waals surface area (Å²) in [7, 11) is 0. The predicted molar refractivity (Wildman–Crippen MR) is 88.0 cm³/mol. The summed E-state index contributed by atoms with van der Waals surface area (Å²) in [6.07, 6.45) is 1.33. The van der Waals surface area contributed by atoms with Crippen LogP contribution in [0.3, 0.4) is 0 Å². The molecule has 0 spiro atoms. The third-order valence-corrected chi connectivity index (χ3v) is 3.71. The second kappa shape index (κ2) is 7.95. The topological polar surface area (TPSA) is 70.1 Å². The molecule has 6 heteroatoms. The number of aryl methyl sites for hydroxylation is 1. The maximum absolute atomic E-state index is 10.1. The lowest BCUT2D eigenvalue weighted by atomic mass is 10.2. The van der Waals surface area contributed by atoms with Gasteiger partial charge in [0.2, 0.25) is 0 Å². The summed E-state index contributed by atoms with van der Waals surface area (Å²) >= 11 is 1.58. The number of aliphatic hydroxyl groups excluding tert-OH is 1. The minimum Gasteiger partial charge on any atom is -0.387 e. The van der Waals surface area contributed by atoms with Crippen LogP contribution in [0.15, 0.2) is 22.9 Å². The van der Waals surface area contributed by atoms with E-state index in [2.05, 4.69) is 27.5 Å². The van der Waals surface area contributed by atoms with Gasteiger partial charge in [-0.15, -0.1) is 0 Å². The van der Waals surface area contributed by atoms with Crippen LogP contribution < -0.4 is 10.6 Å². The molecule has 21 heavy (non-hydrogen) atoms. The molecular weight excluding hydrogens is 284 g/mol. The molecule has 3 N–H and O–H groups in total. The van der Waals surface area contributed by atoms with Crippen molar-refractivity contribution in [1.29, 1.82) is 0 Å². The van der Waals surface area contributed by atoms with Crippen LogP contribution in [0.5, 0.6) is 0 Å². The Kier molecular flexibility index (Phi) is 5.95. The molecule has 2 rings (SSSR count). The van der Waals surface area contributed by atoms with Gasteiger partial charge in [0.05, 0.1) is 6.10 Å². The van der Waals surface area contributed by atoms with Crippen molar-refractivity contribution >= 4 is 23.0 Å². The Labute approximate surface area is 129 Å². The molecule has 0 fully saturated rings. The second-order valence-corrected chi connectivity index (χ2v) is 5.57. The van der Waals surface area contributed by atoms with E-state index in [1.165, 1.54) is 0 Å². The second-order valence-electron chi connectivity index (χ2n) is 4.79. The lowest BCUT2D eigenvalue weighted by Gasteiger charge is -2.13. The highest BCUT2D eigenvalue weighted by atomic mass is 32.1. The predicted octanol–water partition coefficient (Wildman–Crippen LogP) is 3.07. The summed E-state index contributed by atoms with van der Waals surface area (Å²) in [5.74, 6) is 2.39. The fraction of sp³-hybridized carbons (Fsp3) is 0.467. The van der Waals surface area contributed by atoms with E-state index < -0.39 is 6.10 Å². The van der Waals surface area contributed by atoms with Gasteiger partial charge in [0, 0.05) is 25.6 Å². The number of aromatic nitrogens is 2. The zero-order valence-electron chi connectivity index (χ0n) is 12.5. The zero-order valence-corrected chi connectivity index (χ0v) is 13.3. The molecule has 0 aliphatic heterocycles. The van der Waals surface area contributed by atoms with Crippen LogP contribution >= 0.6 is 11.3 Å². The zero-order chi connectivity index (χ0) is 15.1. The first-order chi connectivity index (χ1) is 10.2. The summed E-state index contributed by atoms with van der Waals surface area (Å²) in [6, 6.07) is 3.81. The molecule has 5 nitrogen and oxygen atoms in total. The molecule has 114 valence electrons. The van der Waals surface area contributed by atoms with E-state index in [1.807, 2.05) is 29.8 Å². The summed E-state index contributed by atoms with van der Waals surface area (Å²) in [5.41, 5.74) is 0.933. The minimum atomic E-state index is -0.525. The van der Waals surface area contributed by atoms with E-state index in [0.717, 1.165) is 42.4 Å². The van der Waals surface area contributed by atoms with Crippen LogP contribution in [0.2, 0.25) is 0 Å². The Hall–Kier alpha value is -1.66. The van der Waals surface area contributed by atoms with E-state index >= 15 is 0 Å². The molecule has 2 aromatic heterocycles. The largest absolute Gasteiger partial charge is 0.387 e. The number of rotatable bonds is 8. The maximum atomic E-state index is 10.1. The fourth-order valence-corrected chi connectivity index (χ4v) is 2.69. The number of hydrogen-bond acceptors (Lipinski definition) is 6. The molecule has 0 saturated heterocycles. The van der Waals surface area contributed by atoms with Gasteiger partial charge in [0.15, 0.2) is 0 Å². The molecule has 2 aromatic rings. The molecule has 0 amide bonds. The SMILES string of the molecule is CCCc1nc(NCC)cc(NCC(O)c2ccsc2)n1. The molecule has 1 unspecified atom stereocenters. The number of anilines is 2. The van der Waals surface area contributed by atoms with E-state index in [0.29, 0.717) is 6.54 Å². The Morgan fingerprint density at radius 3 is 2.62 bits per heavy atom. The molecule has 0 saturated carbocycles. The van der Waals surface area contributed by atoms with Gasteiger partial charge in [-0.3, -0.25) is 0 Å². The van der Waals surface area contributed by atoms with Gasteiger partial charge in [0.1, 0.15) is 17.5 Å². The molecule has 2 heterocycles. The van der Waals surface area contributed by atoms with Crippen molar-refractivity contribution in [1.82, 2.24) is 9.97 Å². The first-order valence-corrected chi connectivity index (χ1v) is 8.23. The number of aliphatic hydroxyl groups is 1. The quantitative estimate of drug-likeness (QED) is 0.699. The lowest BCUT2D eigenvalue weighted by Crippen LogP contribution is -2.14. The van der Waals surface area contributed by atoms with Crippen LogP contribution in [0.4, 0.5) is 11.6 Å². The molecule has 1 atom stereocenters. The Bertz CT molecular complexity index is 520. The normalized spacial score (nSPS) is 12.1. The highest BCUT2D eigenvalue weighted by molar-refractivity contribution is 7.07. The van der Waals surface area contributed by atoms with Crippen molar-refractivity contribution in [3.05, 3.63) is 34.3 Å². The van der Waals surface area contributed by atoms with Gasteiger partial charge in [-0.1, -0.05) is 6.92 Å². The van der Waals surface area contributed by atoms with Crippen LogP contribution in [0.1, 0.15) is 37.8 Å². The van der Waals surface area contributed by atoms with Gasteiger partial charge in [-0.25, -0.2) is 9.97 Å². The highest BCUT2D eigenvalue weighted by Gasteiger charge is 2.09. The smallest absolute Gasteiger partial charge is 0.133 e. The molecule has 0 aromatic carbocycles. The number of nitrogens with one attached hydrogen (secondary N) is 2. The van der Waals surface area contributed by atoms with Crippen molar-refractivity contribution in [2.24, 2.45) is 0 Å². The van der Waals surface area contributed by atoms with E-state index in [1.54, 1.807) is 11.3 Å². The van der Waals surface area contributed by atoms with Gasteiger partial charge < -0.3 is 15.7 Å². The van der Waals surface area contributed by atoms with Gasteiger partial charge in [-0.2, -0.15) is 11.3 Å². The first-order valence-electron chi connectivity index (χ1n) is 7.28. The molecule has 0 radical (unpaired) electrons. The summed E-state index contributed by atoms with van der Waals surface area (Å²) in [4.78, 5) is 8.95. The average molecular weight is 306 g/mol.